The van der Waals surface area contributed by atoms with E-state index in [4.69, 9.17) is 9.97 Å². The molecule has 13 nitrogen and oxygen atoms in total. The molecule has 6 heterocycles. The van der Waals surface area contributed by atoms with Crippen LogP contribution in [0.4, 0.5) is 21.8 Å². The lowest BCUT2D eigenvalue weighted by atomic mass is 9.86. The number of pyridine rings is 1. The second-order valence-electron chi connectivity index (χ2n) is 22.5. The zero-order valence-electron chi connectivity index (χ0n) is 50.0. The van der Waals surface area contributed by atoms with Crippen LogP contribution in [0.15, 0.2) is 48.7 Å². The normalized spacial score (nSPS) is 20.2. The smallest absolute Gasteiger partial charge is 0.249 e. The second-order valence-corrected chi connectivity index (χ2v) is 22.5. The standard InChI is InChI=1S/C28H44N2O3.C26H28FN5O2.C9H17N.C2H6/c1-7-10-22(12-11-19(4)8-2)17-23-13-14-25(24(18-23)20(5)9-3)30(21(6)31)26-15-16-27(32)29-28(26)33;1-4-18-21(27)8-7-15-10-17(34)11-19(22(15)18)23-14(2)24-20(12-29-23)25(31-26(28-3)30-24)32-9-5-6-16(33)13-32;1-2-8-5-6-9-4-3-7-10(8)9;1-2/h13-14,18-20,22,26H,7-12,15-17H2,1-6H3,(H,29,32,33);7-8,10-12,16,33-34H,4-6,9,13H2,1-3H3,(H,28,30,31);8-9H,2-7H2,1H3;1-2H3. The number of nitrogens with zero attached hydrogens (tertiary/aromatic N) is 6. The van der Waals surface area contributed by atoms with Crippen molar-refractivity contribution in [2.24, 2.45) is 11.8 Å². The summed E-state index contributed by atoms with van der Waals surface area (Å²) in [6.45, 7) is 25.6. The number of β-amino-alcohol motifs (C(OH)–C–C–N with tert-alkyl or cyclic N) is 1. The highest BCUT2D eigenvalue weighted by atomic mass is 19.1. The third-order valence-electron chi connectivity index (χ3n) is 17.2. The number of benzene rings is 3. The summed E-state index contributed by atoms with van der Waals surface area (Å²) in [5.41, 5.74) is 6.68. The van der Waals surface area contributed by atoms with Crippen LogP contribution in [-0.2, 0) is 27.2 Å². The topological polar surface area (TPSA) is 164 Å². The number of aromatic nitrogens is 3. The van der Waals surface area contributed by atoms with Crippen LogP contribution in [0.25, 0.3) is 32.9 Å². The molecule has 5 aromatic rings. The highest BCUT2D eigenvalue weighted by Gasteiger charge is 2.37. The number of fused-ring (bicyclic) bond motifs is 3. The van der Waals surface area contributed by atoms with Crippen molar-refractivity contribution in [3.63, 3.8) is 0 Å². The number of carbonyl (C=O) groups excluding carboxylic acids is 3. The maximum atomic E-state index is 14.7. The van der Waals surface area contributed by atoms with E-state index in [0.717, 1.165) is 94.5 Å². The van der Waals surface area contributed by atoms with Gasteiger partial charge >= 0.3 is 0 Å². The van der Waals surface area contributed by atoms with Gasteiger partial charge in [-0.25, -0.2) is 9.37 Å². The van der Waals surface area contributed by atoms with Crippen LogP contribution in [0.5, 0.6) is 5.75 Å². The molecule has 0 saturated carbocycles. The lowest BCUT2D eigenvalue weighted by Crippen LogP contribution is -2.54. The van der Waals surface area contributed by atoms with Gasteiger partial charge in [0, 0.05) is 68.6 Å². The van der Waals surface area contributed by atoms with Gasteiger partial charge < -0.3 is 20.4 Å². The third kappa shape index (κ3) is 15.2. The summed E-state index contributed by atoms with van der Waals surface area (Å²) in [4.78, 5) is 57.6. The molecule has 2 aromatic heterocycles. The molecule has 0 aliphatic carbocycles. The number of hydrogen-bond donors (Lipinski definition) is 4. The van der Waals surface area contributed by atoms with E-state index in [1.165, 1.54) is 89.3 Å². The summed E-state index contributed by atoms with van der Waals surface area (Å²) in [5.74, 6) is 1.91. The molecule has 7 unspecified atom stereocenters. The van der Waals surface area contributed by atoms with Crippen molar-refractivity contribution in [2.45, 2.75) is 215 Å². The molecule has 3 amide bonds. The number of anilines is 3. The summed E-state index contributed by atoms with van der Waals surface area (Å²) in [6, 6.07) is 14.1. The van der Waals surface area contributed by atoms with Gasteiger partial charge in [0.05, 0.1) is 22.7 Å². The quantitative estimate of drug-likeness (QED) is 0.0655. The zero-order valence-corrected chi connectivity index (χ0v) is 50.0. The van der Waals surface area contributed by atoms with Crippen LogP contribution >= 0.6 is 0 Å². The van der Waals surface area contributed by atoms with Crippen molar-refractivity contribution >= 4 is 56.9 Å². The molecular weight excluding hydrogens is 992 g/mol. The number of phenols is 1. The van der Waals surface area contributed by atoms with Crippen LogP contribution < -0.4 is 20.4 Å². The molecule has 79 heavy (non-hydrogen) atoms. The first-order valence-electron chi connectivity index (χ1n) is 30.3. The first-order valence-corrected chi connectivity index (χ1v) is 30.3. The maximum Gasteiger partial charge on any atom is 0.249 e. The molecule has 0 bridgehead atoms. The number of aliphatic hydroxyl groups is 1. The van der Waals surface area contributed by atoms with Gasteiger partial charge in [-0.05, 0) is 160 Å². The van der Waals surface area contributed by atoms with Crippen LogP contribution in [-0.4, -0.2) is 98.7 Å². The number of halogens is 1. The first kappa shape index (κ1) is 62.5. The molecule has 4 N–H and O–H groups in total. The highest BCUT2D eigenvalue weighted by molar-refractivity contribution is 6.07. The molecule has 4 saturated heterocycles. The van der Waals surface area contributed by atoms with Crippen molar-refractivity contribution in [1.29, 1.82) is 0 Å². The zero-order chi connectivity index (χ0) is 57.5. The number of imide groups is 1. The summed E-state index contributed by atoms with van der Waals surface area (Å²) in [7, 11) is 1.77. The average molecular weight is 1090 g/mol. The predicted molar refractivity (Wildman–Crippen MR) is 323 cm³/mol. The van der Waals surface area contributed by atoms with Gasteiger partial charge in [0.1, 0.15) is 23.4 Å². The number of hydrogen-bond acceptors (Lipinski definition) is 11. The minimum Gasteiger partial charge on any atom is -0.508 e. The Kier molecular flexibility index (Phi) is 23.4. The molecule has 0 radical (unpaired) electrons. The van der Waals surface area contributed by atoms with E-state index in [1.54, 1.807) is 36.3 Å². The Bertz CT molecular complexity index is 2840. The SMILES string of the molecule is CC.CCC1CCC2CCCN12.CCCC(CCC(C)CC)Cc1ccc(N(C(C)=O)C2CCC(=O)NC2=O)c(C(C)CC)c1.CCc1c(F)ccc2cc(O)cc(-c3ncc4c(N5CCCC(O)C5)nc(NC)nc4c3C)c12. The molecular formula is C65H95FN8O5. The molecule has 9 rings (SSSR count). The van der Waals surface area contributed by atoms with Crippen molar-refractivity contribution in [3.05, 3.63) is 76.7 Å². The number of amides is 3. The Morgan fingerprint density at radius 3 is 2.34 bits per heavy atom. The van der Waals surface area contributed by atoms with Crippen LogP contribution in [0.3, 0.4) is 0 Å². The lowest BCUT2D eigenvalue weighted by Gasteiger charge is -2.34. The number of piperidine rings is 2. The molecule has 4 fully saturated rings. The highest BCUT2D eigenvalue weighted by Crippen LogP contribution is 2.40. The van der Waals surface area contributed by atoms with Gasteiger partial charge in [0.2, 0.25) is 23.7 Å². The van der Waals surface area contributed by atoms with Gasteiger partial charge in [0.25, 0.3) is 0 Å². The fourth-order valence-corrected chi connectivity index (χ4v) is 12.5. The minimum atomic E-state index is -0.641. The Hall–Kier alpha value is -5.73. The van der Waals surface area contributed by atoms with Crippen molar-refractivity contribution in [1.82, 2.24) is 25.2 Å². The van der Waals surface area contributed by atoms with Crippen molar-refractivity contribution in [3.8, 4) is 17.0 Å². The van der Waals surface area contributed by atoms with E-state index in [-0.39, 0.29) is 41.6 Å². The number of aliphatic hydroxyl groups excluding tert-OH is 1. The Balaban J connectivity index is 0.000000211. The van der Waals surface area contributed by atoms with Crippen LogP contribution in [0.1, 0.15) is 194 Å². The van der Waals surface area contributed by atoms with Crippen molar-refractivity contribution < 1.29 is 29.0 Å². The molecule has 14 heteroatoms. The number of rotatable bonds is 17. The van der Waals surface area contributed by atoms with Gasteiger partial charge in [-0.2, -0.15) is 4.98 Å². The maximum absolute atomic E-state index is 14.7. The Labute approximate surface area is 472 Å². The van der Waals surface area contributed by atoms with E-state index in [2.05, 4.69) is 79.1 Å². The Morgan fingerprint density at radius 2 is 1.68 bits per heavy atom. The third-order valence-corrected chi connectivity index (χ3v) is 17.2. The molecule has 4 aliphatic heterocycles. The van der Waals surface area contributed by atoms with E-state index in [9.17, 15) is 29.0 Å². The molecule has 4 aliphatic rings. The summed E-state index contributed by atoms with van der Waals surface area (Å²) < 4.78 is 14.7. The molecule has 0 spiro atoms. The van der Waals surface area contributed by atoms with Crippen LogP contribution in [0, 0.1) is 24.6 Å². The van der Waals surface area contributed by atoms with E-state index in [0.29, 0.717) is 48.1 Å². The van der Waals surface area contributed by atoms with Gasteiger partial charge in [0.15, 0.2) is 0 Å². The summed E-state index contributed by atoms with van der Waals surface area (Å²) >= 11 is 0. The van der Waals surface area contributed by atoms with E-state index >= 15 is 0 Å². The Morgan fingerprint density at radius 1 is 0.924 bits per heavy atom. The molecule has 432 valence electrons. The van der Waals surface area contributed by atoms with E-state index in [1.807, 2.05) is 33.8 Å². The van der Waals surface area contributed by atoms with Gasteiger partial charge in [-0.3, -0.25) is 34.5 Å². The summed E-state index contributed by atoms with van der Waals surface area (Å²) in [5, 5.41) is 28.4. The minimum absolute atomic E-state index is 0.0963. The number of carbonyl (C=O) groups is 3. The predicted octanol–water partition coefficient (Wildman–Crippen LogP) is 13.8. The summed E-state index contributed by atoms with van der Waals surface area (Å²) in [6.07, 6.45) is 19.6. The largest absolute Gasteiger partial charge is 0.508 e. The van der Waals surface area contributed by atoms with Crippen molar-refractivity contribution in [2.75, 3.05) is 41.8 Å². The first-order chi connectivity index (χ1) is 38.0. The number of aryl methyl sites for hydroxylation is 2. The van der Waals surface area contributed by atoms with E-state index < -0.39 is 12.1 Å². The average Bonchev–Trinajstić information content (AvgIpc) is 4.11. The van der Waals surface area contributed by atoms with Gasteiger partial charge in [-0.15, -0.1) is 0 Å². The number of aromatic hydroxyl groups is 1. The second kappa shape index (κ2) is 29.6. The monoisotopic (exact) mass is 1090 g/mol. The van der Waals surface area contributed by atoms with Crippen LogP contribution in [0.2, 0.25) is 0 Å². The molecule has 3 aromatic carbocycles. The lowest BCUT2D eigenvalue weighted by molar-refractivity contribution is -0.135. The number of nitrogens with one attached hydrogen (secondary N) is 2. The molecule has 7 atom stereocenters. The fraction of sp³-hybridized carbons (Fsp3) is 0.600. The fourth-order valence-electron chi connectivity index (χ4n) is 12.5. The van der Waals surface area contributed by atoms with Gasteiger partial charge in [-0.1, -0.05) is 106 Å². The number of phenolic OH excluding ortho intramolecular Hbond substituents is 1.